The van der Waals surface area contributed by atoms with E-state index >= 15 is 0 Å². The molecule has 4 atom stereocenters. The number of nitrogens with one attached hydrogen (secondary N) is 1. The Bertz CT molecular complexity index is 639. The molecular formula is C21H31ClFN3O3. The minimum Gasteiger partial charge on any atom is -0.380 e. The Balaban J connectivity index is 1.49. The summed E-state index contributed by atoms with van der Waals surface area (Å²) in [4.78, 5) is 29.7. The van der Waals surface area contributed by atoms with E-state index in [0.29, 0.717) is 38.6 Å². The normalized spacial score (nSPS) is 39.4. The molecule has 3 saturated heterocycles. The van der Waals surface area contributed by atoms with Crippen LogP contribution in [0.15, 0.2) is 12.7 Å². The summed E-state index contributed by atoms with van der Waals surface area (Å²) in [5.41, 5.74) is 0. The maximum atomic E-state index is 14.8. The van der Waals surface area contributed by atoms with Gasteiger partial charge in [0.15, 0.2) is 0 Å². The standard InChI is InChI=1S/C21H31ClFN3O3/c1-2-13-7-17(23)20(24-8-13)26-10-18(27)25(9-14-3-5-16(22)6-4-14)19(21(26)28)15-11-29-12-15/h2,13-17,19-20,24H,1,3-12H2. The van der Waals surface area contributed by atoms with Crippen molar-refractivity contribution in [2.75, 3.05) is 32.8 Å². The summed E-state index contributed by atoms with van der Waals surface area (Å²) in [6.07, 6.45) is 3.95. The molecule has 1 saturated carbocycles. The third kappa shape index (κ3) is 4.32. The van der Waals surface area contributed by atoms with E-state index in [1.54, 1.807) is 11.0 Å². The topological polar surface area (TPSA) is 61.9 Å². The van der Waals surface area contributed by atoms with Crippen LogP contribution in [0.3, 0.4) is 0 Å². The summed E-state index contributed by atoms with van der Waals surface area (Å²) in [5, 5.41) is 3.35. The quantitative estimate of drug-likeness (QED) is 0.538. The molecule has 4 aliphatic rings. The molecule has 2 amide bonds. The molecule has 0 radical (unpaired) electrons. The Labute approximate surface area is 176 Å². The predicted molar refractivity (Wildman–Crippen MR) is 108 cm³/mol. The molecule has 0 aromatic carbocycles. The molecule has 0 bridgehead atoms. The number of hydrogen-bond donors (Lipinski definition) is 1. The highest BCUT2D eigenvalue weighted by atomic mass is 35.5. The first kappa shape index (κ1) is 21.1. The van der Waals surface area contributed by atoms with Gasteiger partial charge in [0.25, 0.3) is 0 Å². The summed E-state index contributed by atoms with van der Waals surface area (Å²) in [7, 11) is 0. The third-order valence-corrected chi connectivity index (χ3v) is 7.40. The molecule has 0 spiro atoms. The van der Waals surface area contributed by atoms with Crippen LogP contribution < -0.4 is 5.32 Å². The van der Waals surface area contributed by atoms with E-state index in [9.17, 15) is 14.0 Å². The molecule has 162 valence electrons. The van der Waals surface area contributed by atoms with E-state index in [2.05, 4.69) is 11.9 Å². The number of carbonyl (C=O) groups excluding carboxylic acids is 2. The van der Waals surface area contributed by atoms with Crippen molar-refractivity contribution in [3.8, 4) is 0 Å². The van der Waals surface area contributed by atoms with E-state index in [4.69, 9.17) is 16.3 Å². The highest BCUT2D eigenvalue weighted by molar-refractivity contribution is 6.20. The fourth-order valence-electron chi connectivity index (χ4n) is 5.08. The first-order valence-electron chi connectivity index (χ1n) is 10.8. The largest absolute Gasteiger partial charge is 0.380 e. The number of amides is 2. The minimum atomic E-state index is -1.22. The zero-order valence-electron chi connectivity index (χ0n) is 16.8. The van der Waals surface area contributed by atoms with Crippen LogP contribution >= 0.6 is 11.6 Å². The number of hydrogen-bond acceptors (Lipinski definition) is 4. The fourth-order valence-corrected chi connectivity index (χ4v) is 5.34. The summed E-state index contributed by atoms with van der Waals surface area (Å²) < 4.78 is 20.2. The van der Waals surface area contributed by atoms with Gasteiger partial charge < -0.3 is 14.5 Å². The lowest BCUT2D eigenvalue weighted by Crippen LogP contribution is -2.70. The Hall–Kier alpha value is -1.18. The lowest BCUT2D eigenvalue weighted by atomic mass is 9.86. The first-order valence-corrected chi connectivity index (χ1v) is 11.2. The summed E-state index contributed by atoms with van der Waals surface area (Å²) >= 11 is 6.22. The average Bonchev–Trinajstić information content (AvgIpc) is 2.67. The number of ether oxygens (including phenoxy) is 1. The highest BCUT2D eigenvalue weighted by Crippen LogP contribution is 2.33. The Morgan fingerprint density at radius 2 is 1.97 bits per heavy atom. The predicted octanol–water partition coefficient (Wildman–Crippen LogP) is 1.93. The van der Waals surface area contributed by atoms with Crippen molar-refractivity contribution >= 4 is 23.4 Å². The van der Waals surface area contributed by atoms with Crippen LogP contribution in [-0.2, 0) is 14.3 Å². The van der Waals surface area contributed by atoms with Crippen LogP contribution in [0.5, 0.6) is 0 Å². The molecule has 3 heterocycles. The van der Waals surface area contributed by atoms with Crippen molar-refractivity contribution in [1.82, 2.24) is 15.1 Å². The second-order valence-corrected chi connectivity index (χ2v) is 9.59. The van der Waals surface area contributed by atoms with Gasteiger partial charge in [-0.25, -0.2) is 4.39 Å². The van der Waals surface area contributed by atoms with Crippen molar-refractivity contribution in [1.29, 1.82) is 0 Å². The van der Waals surface area contributed by atoms with Gasteiger partial charge in [0.05, 0.1) is 13.2 Å². The molecule has 4 fully saturated rings. The zero-order chi connectivity index (χ0) is 20.5. The average molecular weight is 428 g/mol. The van der Waals surface area contributed by atoms with Crippen molar-refractivity contribution in [2.24, 2.45) is 17.8 Å². The Morgan fingerprint density at radius 1 is 1.24 bits per heavy atom. The van der Waals surface area contributed by atoms with E-state index in [1.807, 2.05) is 0 Å². The molecular weight excluding hydrogens is 397 g/mol. The molecule has 6 nitrogen and oxygen atoms in total. The van der Waals surface area contributed by atoms with Crippen molar-refractivity contribution in [3.05, 3.63) is 12.7 Å². The monoisotopic (exact) mass is 427 g/mol. The molecule has 0 aromatic heterocycles. The summed E-state index contributed by atoms with van der Waals surface area (Å²) in [6, 6.07) is -0.551. The maximum Gasteiger partial charge on any atom is 0.247 e. The first-order chi connectivity index (χ1) is 14.0. The van der Waals surface area contributed by atoms with Gasteiger partial charge in [-0.2, -0.15) is 0 Å². The highest BCUT2D eigenvalue weighted by Gasteiger charge is 2.50. The number of piperidine rings is 1. The van der Waals surface area contributed by atoms with E-state index in [0.717, 1.165) is 25.7 Å². The van der Waals surface area contributed by atoms with Crippen molar-refractivity contribution < 1.29 is 18.7 Å². The molecule has 4 unspecified atom stereocenters. The number of carbonyl (C=O) groups is 2. The van der Waals surface area contributed by atoms with Gasteiger partial charge in [0, 0.05) is 24.4 Å². The van der Waals surface area contributed by atoms with Crippen LogP contribution in [0.25, 0.3) is 0 Å². The lowest BCUT2D eigenvalue weighted by Gasteiger charge is -2.50. The van der Waals surface area contributed by atoms with E-state index < -0.39 is 18.4 Å². The summed E-state index contributed by atoms with van der Waals surface area (Å²) in [6.45, 7) is 5.76. The molecule has 3 aliphatic heterocycles. The molecule has 29 heavy (non-hydrogen) atoms. The Kier molecular flexibility index (Phi) is 6.47. The molecule has 1 N–H and O–H groups in total. The van der Waals surface area contributed by atoms with Gasteiger partial charge in [-0.05, 0) is 43.9 Å². The van der Waals surface area contributed by atoms with Crippen molar-refractivity contribution in [3.63, 3.8) is 0 Å². The van der Waals surface area contributed by atoms with Gasteiger partial charge in [0.2, 0.25) is 11.8 Å². The third-order valence-electron chi connectivity index (χ3n) is 6.97. The summed E-state index contributed by atoms with van der Waals surface area (Å²) in [5.74, 6) is 0.157. The van der Waals surface area contributed by atoms with Gasteiger partial charge in [0.1, 0.15) is 24.9 Å². The second-order valence-electron chi connectivity index (χ2n) is 8.97. The van der Waals surface area contributed by atoms with Gasteiger partial charge in [-0.1, -0.05) is 6.08 Å². The Morgan fingerprint density at radius 3 is 2.55 bits per heavy atom. The van der Waals surface area contributed by atoms with Crippen LogP contribution in [0.1, 0.15) is 32.1 Å². The number of halogens is 2. The van der Waals surface area contributed by atoms with Crippen LogP contribution in [0, 0.1) is 17.8 Å². The molecule has 4 rings (SSSR count). The lowest BCUT2D eigenvalue weighted by molar-refractivity contribution is -0.173. The van der Waals surface area contributed by atoms with Gasteiger partial charge in [-0.3, -0.25) is 14.9 Å². The fraction of sp³-hybridized carbons (Fsp3) is 0.810. The number of alkyl halides is 2. The van der Waals surface area contributed by atoms with Gasteiger partial charge in [-0.15, -0.1) is 18.2 Å². The van der Waals surface area contributed by atoms with E-state index in [-0.39, 0.29) is 35.6 Å². The van der Waals surface area contributed by atoms with Crippen molar-refractivity contribution in [2.45, 2.75) is 55.9 Å². The molecule has 1 aliphatic carbocycles. The zero-order valence-corrected chi connectivity index (χ0v) is 17.5. The number of nitrogens with zero attached hydrogens (tertiary/aromatic N) is 2. The SMILES string of the molecule is C=CC1CNC(N2CC(=O)N(CC3CCC(Cl)CC3)C(C3COC3)C2=O)C(F)C1. The molecule has 8 heteroatoms. The molecule has 0 aromatic rings. The number of piperazine rings is 1. The van der Waals surface area contributed by atoms with Crippen LogP contribution in [-0.4, -0.2) is 78.2 Å². The smallest absolute Gasteiger partial charge is 0.247 e. The minimum absolute atomic E-state index is 0.0128. The van der Waals surface area contributed by atoms with Gasteiger partial charge >= 0.3 is 0 Å². The van der Waals surface area contributed by atoms with Crippen LogP contribution in [0.2, 0.25) is 0 Å². The number of rotatable bonds is 5. The van der Waals surface area contributed by atoms with E-state index in [1.165, 1.54) is 4.90 Å². The second kappa shape index (κ2) is 8.90. The maximum absolute atomic E-state index is 14.8. The van der Waals surface area contributed by atoms with Crippen LogP contribution in [0.4, 0.5) is 4.39 Å².